The molecule has 6 nitrogen and oxygen atoms in total. The van der Waals surface area contributed by atoms with Crippen LogP contribution in [0.3, 0.4) is 0 Å². The second kappa shape index (κ2) is 2450. The first-order chi connectivity index (χ1) is 0. The number of hydrogen-bond donors (Lipinski definition) is 6. The quantitative estimate of drug-likeness (QED) is 0.304. The van der Waals surface area contributed by atoms with Gasteiger partial charge in [-0.1, -0.05) is 0 Å². The third-order valence-corrected chi connectivity index (χ3v) is 0. The van der Waals surface area contributed by atoms with Crippen molar-refractivity contribution in [2.75, 3.05) is 0 Å². The van der Waals surface area contributed by atoms with Crippen molar-refractivity contribution in [2.24, 2.45) is 0 Å². The minimum absolute atomic E-state index is 0. The molecule has 0 aliphatic heterocycles. The number of rotatable bonds is 0. The zero-order valence-electron chi connectivity index (χ0n) is 4.58. The molecule has 0 fully saturated rings. The molecule has 0 heterocycles. The van der Waals surface area contributed by atoms with E-state index in [9.17, 15) is 0 Å². The molecule has 0 aromatic rings. The largest absolute Gasteiger partial charge is 2.00 e. The summed E-state index contributed by atoms with van der Waals surface area (Å²) in [6.07, 6.45) is 0. The molecular weight excluding hydrogens is 143 g/mol. The van der Waals surface area contributed by atoms with Gasteiger partial charge in [-0.05, 0) is 0 Å². The molecule has 1 radical (unpaired) electrons. The fourth-order valence-electron chi connectivity index (χ4n) is 0. The molecule has 55 valence electrons. The van der Waals surface area contributed by atoms with Crippen LogP contribution in [0.2, 0.25) is 0 Å². The first-order valence-corrected chi connectivity index (χ1v) is 0. The van der Waals surface area contributed by atoms with Gasteiger partial charge >= 0.3 is 16.8 Å². The summed E-state index contributed by atoms with van der Waals surface area (Å²) in [5, 5.41) is 0. The first kappa shape index (κ1) is 4020. The SMILES string of the molecule is N.N.N.N.N.N.[Co+2]. The minimum atomic E-state index is 0. The summed E-state index contributed by atoms with van der Waals surface area (Å²) >= 11 is 0. The van der Waals surface area contributed by atoms with Gasteiger partial charge < -0.3 is 36.9 Å². The predicted molar refractivity (Wildman–Crippen MR) is 30.1 cm³/mol. The van der Waals surface area contributed by atoms with Gasteiger partial charge in [-0.3, -0.25) is 0 Å². The van der Waals surface area contributed by atoms with Crippen LogP contribution in [0.4, 0.5) is 0 Å². The Morgan fingerprint density at radius 1 is 0.286 bits per heavy atom. The zero-order valence-corrected chi connectivity index (χ0v) is 5.62. The smallest absolute Gasteiger partial charge is 0.344 e. The van der Waals surface area contributed by atoms with E-state index in [0.717, 1.165) is 0 Å². The molecule has 0 spiro atoms. The van der Waals surface area contributed by atoms with Crippen molar-refractivity contribution in [3.05, 3.63) is 0 Å². The van der Waals surface area contributed by atoms with Crippen molar-refractivity contribution in [3.63, 3.8) is 0 Å². The summed E-state index contributed by atoms with van der Waals surface area (Å²) in [7, 11) is 0. The molecule has 0 amide bonds. The summed E-state index contributed by atoms with van der Waals surface area (Å²) in [4.78, 5) is 0. The molecule has 0 aliphatic rings. The van der Waals surface area contributed by atoms with Crippen molar-refractivity contribution in [1.82, 2.24) is 36.9 Å². The van der Waals surface area contributed by atoms with Crippen LogP contribution >= 0.6 is 0 Å². The average Bonchev–Trinajstić information content (AvgIpc) is 0. The summed E-state index contributed by atoms with van der Waals surface area (Å²) in [6.45, 7) is 0. The van der Waals surface area contributed by atoms with Crippen LogP contribution in [0.5, 0.6) is 0 Å². The molecule has 0 aliphatic carbocycles. The van der Waals surface area contributed by atoms with E-state index in [0.29, 0.717) is 0 Å². The molecule has 0 aromatic carbocycles. The van der Waals surface area contributed by atoms with Gasteiger partial charge in [-0.25, -0.2) is 0 Å². The molecule has 0 atom stereocenters. The Kier molecular flexibility index (Phi) is 1400000. The minimum Gasteiger partial charge on any atom is -0.344 e. The third-order valence-electron chi connectivity index (χ3n) is 0. The Bertz CT molecular complexity index is 4.14. The van der Waals surface area contributed by atoms with Gasteiger partial charge in [0, 0.05) is 0 Å². The van der Waals surface area contributed by atoms with Crippen LogP contribution in [-0.2, 0) is 16.8 Å². The maximum absolute atomic E-state index is 0. The van der Waals surface area contributed by atoms with Crippen LogP contribution < -0.4 is 36.9 Å². The van der Waals surface area contributed by atoms with Gasteiger partial charge in [0.05, 0.1) is 0 Å². The van der Waals surface area contributed by atoms with Crippen LogP contribution in [0.25, 0.3) is 0 Å². The molecule has 0 rings (SSSR count). The maximum atomic E-state index is 0. The van der Waals surface area contributed by atoms with Crippen molar-refractivity contribution < 1.29 is 16.8 Å². The zero-order chi connectivity index (χ0) is 0. The Morgan fingerprint density at radius 3 is 0.286 bits per heavy atom. The summed E-state index contributed by atoms with van der Waals surface area (Å²) < 4.78 is 0. The Labute approximate surface area is 54.5 Å². The molecule has 7 heavy (non-hydrogen) atoms. The van der Waals surface area contributed by atoms with E-state index in [1.807, 2.05) is 0 Å². The molecule has 0 saturated heterocycles. The van der Waals surface area contributed by atoms with Crippen LogP contribution in [0.15, 0.2) is 0 Å². The van der Waals surface area contributed by atoms with Gasteiger partial charge in [-0.2, -0.15) is 0 Å². The Morgan fingerprint density at radius 2 is 0.286 bits per heavy atom. The molecule has 0 saturated carbocycles. The van der Waals surface area contributed by atoms with Crippen LogP contribution in [-0.4, -0.2) is 0 Å². The topological polar surface area (TPSA) is 210 Å². The second-order valence-corrected chi connectivity index (χ2v) is 0. The molecule has 0 aromatic heterocycles. The second-order valence-electron chi connectivity index (χ2n) is 0. The van der Waals surface area contributed by atoms with Crippen LogP contribution in [0, 0.1) is 0 Å². The van der Waals surface area contributed by atoms with Crippen molar-refractivity contribution >= 4 is 0 Å². The van der Waals surface area contributed by atoms with Crippen molar-refractivity contribution in [3.8, 4) is 0 Å². The van der Waals surface area contributed by atoms with Gasteiger partial charge in [-0.15, -0.1) is 0 Å². The summed E-state index contributed by atoms with van der Waals surface area (Å²) in [6, 6.07) is 0. The molecule has 0 bridgehead atoms. The summed E-state index contributed by atoms with van der Waals surface area (Å²) in [5.74, 6) is 0. The van der Waals surface area contributed by atoms with E-state index in [1.165, 1.54) is 0 Å². The van der Waals surface area contributed by atoms with E-state index >= 15 is 0 Å². The molecule has 0 unspecified atom stereocenters. The number of hydrogen-bond acceptors (Lipinski definition) is 6. The van der Waals surface area contributed by atoms with Crippen LogP contribution in [0.1, 0.15) is 0 Å². The molecule has 18 N–H and O–H groups in total. The van der Waals surface area contributed by atoms with Crippen molar-refractivity contribution in [1.29, 1.82) is 0 Å². The standard InChI is InChI=1S/Co.6H3N/h;6*1H3/q+2;;;;;;. The van der Waals surface area contributed by atoms with Gasteiger partial charge in [0.15, 0.2) is 0 Å². The molecular formula is H18CoN6+2. The van der Waals surface area contributed by atoms with E-state index < -0.39 is 0 Å². The predicted octanol–water partition coefficient (Wildman–Crippen LogP) is 0.969. The Hall–Kier alpha value is 0.266. The van der Waals surface area contributed by atoms with Gasteiger partial charge in [0.25, 0.3) is 0 Å². The fourth-order valence-corrected chi connectivity index (χ4v) is 0. The Balaban J connectivity index is 0. The first-order valence-electron chi connectivity index (χ1n) is 0. The van der Waals surface area contributed by atoms with Gasteiger partial charge in [0.2, 0.25) is 0 Å². The normalized spacial score (nSPS) is 0. The van der Waals surface area contributed by atoms with E-state index in [4.69, 9.17) is 0 Å². The average molecular weight is 161 g/mol. The van der Waals surface area contributed by atoms with Gasteiger partial charge in [0.1, 0.15) is 0 Å². The monoisotopic (exact) mass is 161 g/mol. The molecule has 7 heteroatoms. The van der Waals surface area contributed by atoms with Crippen molar-refractivity contribution in [2.45, 2.75) is 0 Å². The summed E-state index contributed by atoms with van der Waals surface area (Å²) in [5.41, 5.74) is 0. The third kappa shape index (κ3) is 1610. The van der Waals surface area contributed by atoms with E-state index in [1.54, 1.807) is 0 Å². The van der Waals surface area contributed by atoms with E-state index in [-0.39, 0.29) is 53.7 Å². The maximum Gasteiger partial charge on any atom is 2.00 e. The van der Waals surface area contributed by atoms with E-state index in [2.05, 4.69) is 0 Å². The fraction of sp³-hybridized carbons (Fsp3) is 0.